The summed E-state index contributed by atoms with van der Waals surface area (Å²) < 4.78 is 1.91. The Kier molecular flexibility index (Phi) is 4.20. The molecule has 1 aliphatic rings. The van der Waals surface area contributed by atoms with Crippen LogP contribution in [0.25, 0.3) is 10.9 Å². The molecule has 4 rings (SSSR count). The highest BCUT2D eigenvalue weighted by atomic mass is 16.2. The lowest BCUT2D eigenvalue weighted by molar-refractivity contribution is 0.240. The molecule has 0 aliphatic heterocycles. The first-order chi connectivity index (χ1) is 12.6. The first-order valence-corrected chi connectivity index (χ1v) is 8.75. The van der Waals surface area contributed by atoms with Gasteiger partial charge in [0.25, 0.3) is 0 Å². The van der Waals surface area contributed by atoms with Crippen molar-refractivity contribution in [2.24, 2.45) is 7.05 Å². The highest BCUT2D eigenvalue weighted by molar-refractivity contribution is 5.79. The number of aromatic nitrogens is 3. The zero-order chi connectivity index (χ0) is 18.1. The topological polar surface area (TPSA) is 91.8 Å². The highest BCUT2D eigenvalue weighted by Gasteiger charge is 2.27. The Bertz CT molecular complexity index is 1020. The molecule has 1 aromatic carbocycles. The van der Waals surface area contributed by atoms with Crippen molar-refractivity contribution < 1.29 is 4.79 Å². The molecule has 0 unspecified atom stereocenters. The fourth-order valence-electron chi connectivity index (χ4n) is 3.14. The summed E-state index contributed by atoms with van der Waals surface area (Å²) in [5, 5.41) is 10.7. The second-order valence-electron chi connectivity index (χ2n) is 6.72. The van der Waals surface area contributed by atoms with E-state index in [-0.39, 0.29) is 11.5 Å². The van der Waals surface area contributed by atoms with E-state index in [0.29, 0.717) is 24.4 Å². The Labute approximate surface area is 150 Å². The summed E-state index contributed by atoms with van der Waals surface area (Å²) in [6.45, 7) is 0.783. The number of rotatable bonds is 5. The largest absolute Gasteiger partial charge is 0.361 e. The number of carbonyl (C=O) groups excluding carboxylic acids is 1. The van der Waals surface area contributed by atoms with Crippen molar-refractivity contribution in [3.8, 4) is 0 Å². The molecule has 7 nitrogen and oxygen atoms in total. The highest BCUT2D eigenvalue weighted by Crippen LogP contribution is 2.39. The van der Waals surface area contributed by atoms with Crippen LogP contribution in [0.15, 0.2) is 41.3 Å². The van der Waals surface area contributed by atoms with Crippen LogP contribution in [0.4, 0.5) is 4.79 Å². The number of nitrogens with zero attached hydrogens (tertiary/aromatic N) is 2. The number of aryl methyl sites for hydroxylation is 1. The number of hydrogen-bond acceptors (Lipinski definition) is 3. The molecule has 0 saturated heterocycles. The maximum absolute atomic E-state index is 12.0. The zero-order valence-corrected chi connectivity index (χ0v) is 14.6. The molecule has 2 amide bonds. The third-order valence-corrected chi connectivity index (χ3v) is 4.67. The van der Waals surface area contributed by atoms with E-state index in [4.69, 9.17) is 0 Å². The first-order valence-electron chi connectivity index (χ1n) is 8.75. The molecule has 7 heteroatoms. The van der Waals surface area contributed by atoms with Crippen LogP contribution in [0.2, 0.25) is 0 Å². The second kappa shape index (κ2) is 6.67. The maximum atomic E-state index is 12.0. The molecule has 2 heterocycles. The summed E-state index contributed by atoms with van der Waals surface area (Å²) in [5.41, 5.74) is 3.78. The molecule has 134 valence electrons. The van der Waals surface area contributed by atoms with Gasteiger partial charge in [0.15, 0.2) is 5.43 Å². The molecule has 26 heavy (non-hydrogen) atoms. The Morgan fingerprint density at radius 1 is 1.23 bits per heavy atom. The second-order valence-corrected chi connectivity index (χ2v) is 6.72. The molecule has 1 fully saturated rings. The molecule has 3 aromatic rings. The van der Waals surface area contributed by atoms with Crippen molar-refractivity contribution >= 4 is 16.9 Å². The van der Waals surface area contributed by atoms with Crippen LogP contribution < -0.4 is 16.1 Å². The van der Waals surface area contributed by atoms with E-state index in [9.17, 15) is 9.59 Å². The lowest BCUT2D eigenvalue weighted by Crippen LogP contribution is -2.34. The Morgan fingerprint density at radius 2 is 2.04 bits per heavy atom. The van der Waals surface area contributed by atoms with Gasteiger partial charge >= 0.3 is 6.03 Å². The van der Waals surface area contributed by atoms with E-state index in [1.807, 2.05) is 23.9 Å². The molecule has 0 bridgehead atoms. The lowest BCUT2D eigenvalue weighted by Gasteiger charge is -2.07. The normalized spacial score (nSPS) is 13.7. The van der Waals surface area contributed by atoms with Crippen molar-refractivity contribution in [3.63, 3.8) is 0 Å². The molecular weight excluding hydrogens is 330 g/mol. The minimum Gasteiger partial charge on any atom is -0.361 e. The molecule has 2 aromatic heterocycles. The van der Waals surface area contributed by atoms with Gasteiger partial charge in [0.05, 0.1) is 12.2 Å². The maximum Gasteiger partial charge on any atom is 0.315 e. The number of nitrogens with one attached hydrogen (secondary N) is 3. The van der Waals surface area contributed by atoms with E-state index in [1.165, 1.54) is 24.6 Å². The standard InChI is InChI=1S/C19H21N5O2/c1-24-17(13-3-4-13)9-14(23-24)11-22-19(26)21-10-12-2-5-15-16(8-12)20-7-6-18(15)25/h2,5-9,13H,3-4,10-11H2,1H3,(H,20,25)(H2,21,22,26). The number of urea groups is 1. The fraction of sp³-hybridized carbons (Fsp3) is 0.316. The Balaban J connectivity index is 1.32. The van der Waals surface area contributed by atoms with Gasteiger partial charge in [-0.2, -0.15) is 5.10 Å². The van der Waals surface area contributed by atoms with Crippen LogP contribution in [-0.4, -0.2) is 20.8 Å². The molecule has 0 spiro atoms. The van der Waals surface area contributed by atoms with Crippen LogP contribution in [0.5, 0.6) is 0 Å². The van der Waals surface area contributed by atoms with Gasteiger partial charge < -0.3 is 15.6 Å². The number of carbonyl (C=O) groups is 1. The number of benzene rings is 1. The van der Waals surface area contributed by atoms with Crippen molar-refractivity contribution in [1.82, 2.24) is 25.4 Å². The quantitative estimate of drug-likeness (QED) is 0.658. The van der Waals surface area contributed by atoms with Crippen LogP contribution in [-0.2, 0) is 20.1 Å². The smallest absolute Gasteiger partial charge is 0.315 e. The number of hydrogen-bond donors (Lipinski definition) is 3. The molecule has 1 aliphatic carbocycles. The summed E-state index contributed by atoms with van der Waals surface area (Å²) in [7, 11) is 1.95. The predicted octanol–water partition coefficient (Wildman–Crippen LogP) is 2.14. The first kappa shape index (κ1) is 16.4. The van der Waals surface area contributed by atoms with Crippen LogP contribution in [0.1, 0.15) is 35.7 Å². The summed E-state index contributed by atoms with van der Waals surface area (Å²) in [4.78, 5) is 26.8. The van der Waals surface area contributed by atoms with Gasteiger partial charge in [-0.3, -0.25) is 9.48 Å². The Hall–Kier alpha value is -3.09. The monoisotopic (exact) mass is 351 g/mol. The van der Waals surface area contributed by atoms with Crippen LogP contribution in [0, 0.1) is 0 Å². The summed E-state index contributed by atoms with van der Waals surface area (Å²) in [6.07, 6.45) is 4.07. The summed E-state index contributed by atoms with van der Waals surface area (Å²) in [6, 6.07) is 8.81. The van der Waals surface area contributed by atoms with Gasteiger partial charge in [-0.05, 0) is 36.6 Å². The van der Waals surface area contributed by atoms with E-state index < -0.39 is 0 Å². The SMILES string of the molecule is Cn1nc(CNC(=O)NCc2ccc3c(=O)cc[nH]c3c2)cc1C1CC1. The van der Waals surface area contributed by atoms with Crippen molar-refractivity contribution in [2.45, 2.75) is 31.8 Å². The number of amides is 2. The van der Waals surface area contributed by atoms with Gasteiger partial charge in [0.1, 0.15) is 0 Å². The minimum atomic E-state index is -0.245. The summed E-state index contributed by atoms with van der Waals surface area (Å²) in [5.74, 6) is 0.634. The number of aromatic amines is 1. The predicted molar refractivity (Wildman–Crippen MR) is 98.8 cm³/mol. The van der Waals surface area contributed by atoms with Gasteiger partial charge in [0.2, 0.25) is 0 Å². The molecule has 0 atom stereocenters. The van der Waals surface area contributed by atoms with Gasteiger partial charge in [-0.15, -0.1) is 0 Å². The van der Waals surface area contributed by atoms with Crippen LogP contribution in [0.3, 0.4) is 0 Å². The summed E-state index contributed by atoms with van der Waals surface area (Å²) >= 11 is 0. The fourth-order valence-corrected chi connectivity index (χ4v) is 3.14. The molecular formula is C19H21N5O2. The Morgan fingerprint density at radius 3 is 2.85 bits per heavy atom. The lowest BCUT2D eigenvalue weighted by atomic mass is 10.1. The molecule has 0 radical (unpaired) electrons. The number of H-pyrrole nitrogens is 1. The van der Waals surface area contributed by atoms with Crippen molar-refractivity contribution in [1.29, 1.82) is 0 Å². The number of fused-ring (bicyclic) bond motifs is 1. The van der Waals surface area contributed by atoms with Gasteiger partial charge in [0, 0.05) is 48.4 Å². The molecule has 1 saturated carbocycles. The van der Waals surface area contributed by atoms with Crippen LogP contribution >= 0.6 is 0 Å². The van der Waals surface area contributed by atoms with E-state index in [2.05, 4.69) is 26.8 Å². The van der Waals surface area contributed by atoms with E-state index >= 15 is 0 Å². The van der Waals surface area contributed by atoms with Crippen molar-refractivity contribution in [2.75, 3.05) is 0 Å². The average Bonchev–Trinajstić information content (AvgIpc) is 3.41. The third-order valence-electron chi connectivity index (χ3n) is 4.67. The van der Waals surface area contributed by atoms with E-state index in [0.717, 1.165) is 16.8 Å². The van der Waals surface area contributed by atoms with Gasteiger partial charge in [-0.25, -0.2) is 4.79 Å². The zero-order valence-electron chi connectivity index (χ0n) is 14.6. The minimum absolute atomic E-state index is 0.0167. The van der Waals surface area contributed by atoms with E-state index in [1.54, 1.807) is 12.3 Å². The third kappa shape index (κ3) is 3.46. The number of pyridine rings is 1. The average molecular weight is 351 g/mol. The van der Waals surface area contributed by atoms with Gasteiger partial charge in [-0.1, -0.05) is 6.07 Å². The molecule has 3 N–H and O–H groups in total. The van der Waals surface area contributed by atoms with Crippen molar-refractivity contribution in [3.05, 3.63) is 63.7 Å².